The minimum absolute atomic E-state index is 0.329. The Balaban J connectivity index is 2.87. The molecule has 70 valence electrons. The molecule has 14 heavy (non-hydrogen) atoms. The number of nitriles is 1. The summed E-state index contributed by atoms with van der Waals surface area (Å²) in [6.07, 6.45) is 0. The quantitative estimate of drug-likeness (QED) is 0.694. The molecular weight excluding hydrogens is 182 g/mol. The van der Waals surface area contributed by atoms with E-state index in [-0.39, 0.29) is 5.69 Å². The van der Waals surface area contributed by atoms with Crippen LogP contribution in [-0.2, 0) is 0 Å². The number of nitrogens with one attached hydrogen (secondary N) is 2. The number of nitrogens with zero attached hydrogens (tertiary/aromatic N) is 1. The van der Waals surface area contributed by atoms with E-state index in [4.69, 9.17) is 10.00 Å². The van der Waals surface area contributed by atoms with E-state index in [1.54, 1.807) is 12.1 Å². The lowest BCUT2D eigenvalue weighted by atomic mass is 10.2. The Labute approximate surface area is 78.9 Å². The first-order valence-corrected chi connectivity index (χ1v) is 3.94. The Morgan fingerprint density at radius 3 is 2.86 bits per heavy atom. The molecular formula is C9H7N3O2. The summed E-state index contributed by atoms with van der Waals surface area (Å²) >= 11 is 0. The van der Waals surface area contributed by atoms with Crippen LogP contribution >= 0.6 is 0 Å². The molecule has 0 aliphatic carbocycles. The summed E-state index contributed by atoms with van der Waals surface area (Å²) in [6, 6.07) is 5.22. The van der Waals surface area contributed by atoms with Crippen LogP contribution in [0, 0.1) is 11.3 Å². The summed E-state index contributed by atoms with van der Waals surface area (Å²) < 4.78 is 4.99. The fourth-order valence-electron chi connectivity index (χ4n) is 1.32. The predicted molar refractivity (Wildman–Crippen MR) is 50.2 cm³/mol. The van der Waals surface area contributed by atoms with Gasteiger partial charge in [0.1, 0.15) is 11.8 Å². The van der Waals surface area contributed by atoms with E-state index in [2.05, 4.69) is 9.97 Å². The molecule has 0 saturated heterocycles. The third-order valence-corrected chi connectivity index (χ3v) is 1.95. The Morgan fingerprint density at radius 1 is 1.43 bits per heavy atom. The van der Waals surface area contributed by atoms with Gasteiger partial charge >= 0.3 is 5.69 Å². The molecule has 1 aromatic heterocycles. The van der Waals surface area contributed by atoms with Gasteiger partial charge in [-0.3, -0.25) is 0 Å². The maximum Gasteiger partial charge on any atom is 0.323 e. The molecule has 5 heteroatoms. The minimum atomic E-state index is -0.329. The topological polar surface area (TPSA) is 81.7 Å². The second kappa shape index (κ2) is 2.92. The molecule has 0 aliphatic heterocycles. The van der Waals surface area contributed by atoms with Crippen molar-refractivity contribution in [2.24, 2.45) is 0 Å². The molecule has 0 unspecified atom stereocenters. The van der Waals surface area contributed by atoms with Gasteiger partial charge in [-0.15, -0.1) is 0 Å². The standard InChI is InChI=1S/C9H7N3O2/c1-14-6-2-5(4-10)8-7(3-6)11-9(13)12-8/h2-3H,1H3,(H2,11,12,13). The van der Waals surface area contributed by atoms with E-state index in [0.717, 1.165) is 0 Å². The molecule has 0 fully saturated rings. The van der Waals surface area contributed by atoms with E-state index in [1.165, 1.54) is 7.11 Å². The number of hydrogen-bond acceptors (Lipinski definition) is 3. The van der Waals surface area contributed by atoms with Crippen LogP contribution in [0.5, 0.6) is 5.75 Å². The third kappa shape index (κ3) is 1.13. The molecule has 0 bridgehead atoms. The van der Waals surface area contributed by atoms with Crippen molar-refractivity contribution in [1.82, 2.24) is 9.97 Å². The van der Waals surface area contributed by atoms with Crippen LogP contribution in [0.1, 0.15) is 5.56 Å². The van der Waals surface area contributed by atoms with Gasteiger partial charge in [0.05, 0.1) is 23.7 Å². The highest BCUT2D eigenvalue weighted by molar-refractivity contribution is 5.82. The average Bonchev–Trinajstić information content (AvgIpc) is 2.56. The highest BCUT2D eigenvalue weighted by Crippen LogP contribution is 2.20. The molecule has 0 radical (unpaired) electrons. The number of H-pyrrole nitrogens is 2. The number of rotatable bonds is 1. The number of methoxy groups -OCH3 is 1. The van der Waals surface area contributed by atoms with Gasteiger partial charge in [0, 0.05) is 12.1 Å². The van der Waals surface area contributed by atoms with E-state index < -0.39 is 0 Å². The lowest BCUT2D eigenvalue weighted by Gasteiger charge is -1.99. The minimum Gasteiger partial charge on any atom is -0.497 e. The molecule has 2 N–H and O–H groups in total. The van der Waals surface area contributed by atoms with Gasteiger partial charge < -0.3 is 14.7 Å². The van der Waals surface area contributed by atoms with Crippen LogP contribution in [0.25, 0.3) is 11.0 Å². The fourth-order valence-corrected chi connectivity index (χ4v) is 1.32. The third-order valence-electron chi connectivity index (χ3n) is 1.95. The summed E-state index contributed by atoms with van der Waals surface area (Å²) in [7, 11) is 1.51. The average molecular weight is 189 g/mol. The zero-order valence-corrected chi connectivity index (χ0v) is 7.42. The molecule has 2 rings (SSSR count). The van der Waals surface area contributed by atoms with Crippen LogP contribution in [-0.4, -0.2) is 17.1 Å². The van der Waals surface area contributed by atoms with Crippen LogP contribution < -0.4 is 10.4 Å². The molecule has 0 spiro atoms. The van der Waals surface area contributed by atoms with Crippen molar-refractivity contribution in [2.45, 2.75) is 0 Å². The van der Waals surface area contributed by atoms with Gasteiger partial charge in [-0.2, -0.15) is 5.26 Å². The number of fused-ring (bicyclic) bond motifs is 1. The number of benzene rings is 1. The van der Waals surface area contributed by atoms with Gasteiger partial charge in [-0.05, 0) is 0 Å². The molecule has 1 heterocycles. The number of imidazole rings is 1. The highest BCUT2D eigenvalue weighted by atomic mass is 16.5. The van der Waals surface area contributed by atoms with E-state index in [9.17, 15) is 4.79 Å². The van der Waals surface area contributed by atoms with Gasteiger partial charge in [-0.25, -0.2) is 4.79 Å². The lowest BCUT2D eigenvalue weighted by Crippen LogP contribution is -1.99. The van der Waals surface area contributed by atoms with E-state index in [1.807, 2.05) is 6.07 Å². The van der Waals surface area contributed by atoms with Gasteiger partial charge in [0.15, 0.2) is 0 Å². The fraction of sp³-hybridized carbons (Fsp3) is 0.111. The first-order valence-electron chi connectivity index (χ1n) is 3.94. The predicted octanol–water partition coefficient (Wildman–Crippen LogP) is 0.736. The maximum absolute atomic E-state index is 11.0. The maximum atomic E-state index is 11.0. The van der Waals surface area contributed by atoms with Gasteiger partial charge in [-0.1, -0.05) is 0 Å². The van der Waals surface area contributed by atoms with Crippen molar-refractivity contribution >= 4 is 11.0 Å². The number of aromatic nitrogens is 2. The summed E-state index contributed by atoms with van der Waals surface area (Å²) in [6.45, 7) is 0. The molecule has 1 aromatic carbocycles. The highest BCUT2D eigenvalue weighted by Gasteiger charge is 2.06. The number of hydrogen-bond donors (Lipinski definition) is 2. The zero-order chi connectivity index (χ0) is 10.1. The Kier molecular flexibility index (Phi) is 1.75. The summed E-state index contributed by atoms with van der Waals surface area (Å²) in [4.78, 5) is 16.1. The zero-order valence-electron chi connectivity index (χ0n) is 7.42. The second-order valence-corrected chi connectivity index (χ2v) is 2.79. The van der Waals surface area contributed by atoms with Crippen molar-refractivity contribution in [3.05, 3.63) is 28.2 Å². The SMILES string of the molecule is COc1cc(C#N)c2[nH]c(=O)[nH]c2c1. The van der Waals surface area contributed by atoms with Gasteiger partial charge in [0.25, 0.3) is 0 Å². The lowest BCUT2D eigenvalue weighted by molar-refractivity contribution is 0.415. The smallest absolute Gasteiger partial charge is 0.323 e. The second-order valence-electron chi connectivity index (χ2n) is 2.79. The van der Waals surface area contributed by atoms with E-state index in [0.29, 0.717) is 22.3 Å². The Bertz CT molecular complexity index is 574. The van der Waals surface area contributed by atoms with Crippen LogP contribution in [0.3, 0.4) is 0 Å². The van der Waals surface area contributed by atoms with Crippen LogP contribution in [0.15, 0.2) is 16.9 Å². The van der Waals surface area contributed by atoms with Gasteiger partial charge in [0.2, 0.25) is 0 Å². The monoisotopic (exact) mass is 189 g/mol. The molecule has 2 aromatic rings. The molecule has 5 nitrogen and oxygen atoms in total. The molecule has 0 saturated carbocycles. The van der Waals surface area contributed by atoms with Crippen molar-refractivity contribution in [1.29, 1.82) is 5.26 Å². The van der Waals surface area contributed by atoms with E-state index >= 15 is 0 Å². The van der Waals surface area contributed by atoms with Crippen molar-refractivity contribution in [3.8, 4) is 11.8 Å². The molecule has 0 atom stereocenters. The Morgan fingerprint density at radius 2 is 2.21 bits per heavy atom. The summed E-state index contributed by atoms with van der Waals surface area (Å²) in [5.74, 6) is 0.546. The summed E-state index contributed by atoms with van der Waals surface area (Å²) in [5.41, 5.74) is 1.15. The van der Waals surface area contributed by atoms with Crippen LogP contribution in [0.4, 0.5) is 0 Å². The van der Waals surface area contributed by atoms with Crippen molar-refractivity contribution in [2.75, 3.05) is 7.11 Å². The van der Waals surface area contributed by atoms with Crippen LogP contribution in [0.2, 0.25) is 0 Å². The number of aromatic amines is 2. The summed E-state index contributed by atoms with van der Waals surface area (Å²) in [5, 5.41) is 8.82. The molecule has 0 amide bonds. The van der Waals surface area contributed by atoms with Crippen molar-refractivity contribution in [3.63, 3.8) is 0 Å². The largest absolute Gasteiger partial charge is 0.497 e. The molecule has 0 aliphatic rings. The van der Waals surface area contributed by atoms with Crippen molar-refractivity contribution < 1.29 is 4.74 Å². The first kappa shape index (κ1) is 8.38. The normalized spacial score (nSPS) is 10.0. The number of ether oxygens (including phenoxy) is 1. The first-order chi connectivity index (χ1) is 6.74. The Hall–Kier alpha value is -2.22.